The summed E-state index contributed by atoms with van der Waals surface area (Å²) in [6, 6.07) is 9.69. The smallest absolute Gasteiger partial charge is 0.164 e. The van der Waals surface area contributed by atoms with E-state index in [1.807, 2.05) is 31.2 Å². The summed E-state index contributed by atoms with van der Waals surface area (Å²) in [5.41, 5.74) is 4.72. The van der Waals surface area contributed by atoms with Crippen molar-refractivity contribution < 1.29 is 20.1 Å². The number of benzene rings is 1. The summed E-state index contributed by atoms with van der Waals surface area (Å²) in [5, 5.41) is 36.8. The highest BCUT2D eigenvalue weighted by Gasteiger charge is 2.48. The number of aryl methyl sites for hydroxylation is 1. The van der Waals surface area contributed by atoms with Crippen molar-refractivity contribution in [1.82, 2.24) is 14.9 Å². The minimum absolute atomic E-state index is 0.669. The van der Waals surface area contributed by atoms with E-state index in [0.29, 0.717) is 12.2 Å². The number of nitrogens with zero attached hydrogens (tertiary/aromatic N) is 2. The second-order valence-electron chi connectivity index (χ2n) is 7.92. The van der Waals surface area contributed by atoms with E-state index in [9.17, 15) is 15.3 Å². The van der Waals surface area contributed by atoms with Crippen LogP contribution in [0.15, 0.2) is 42.7 Å². The Balaban J connectivity index is 1.48. The van der Waals surface area contributed by atoms with Crippen LogP contribution in [0.4, 0.5) is 0 Å². The highest BCUT2D eigenvalue weighted by Crippen LogP contribution is 2.39. The molecule has 7 heteroatoms. The normalized spacial score (nSPS) is 27.9. The molecule has 2 aromatic heterocycles. The lowest BCUT2D eigenvalue weighted by Gasteiger charge is -2.27. The summed E-state index contributed by atoms with van der Waals surface area (Å²) < 4.78 is 7.77. The van der Waals surface area contributed by atoms with Crippen LogP contribution in [0.25, 0.3) is 11.0 Å². The van der Waals surface area contributed by atoms with E-state index in [2.05, 4.69) is 16.4 Å². The van der Waals surface area contributed by atoms with Gasteiger partial charge < -0.3 is 29.9 Å². The number of hydrogen-bond acceptors (Lipinski definition) is 6. The van der Waals surface area contributed by atoms with Gasteiger partial charge in [0.25, 0.3) is 0 Å². The Labute approximate surface area is 168 Å². The Morgan fingerprint density at radius 1 is 1.21 bits per heavy atom. The van der Waals surface area contributed by atoms with Gasteiger partial charge in [-0.1, -0.05) is 18.2 Å². The highest BCUT2D eigenvalue weighted by molar-refractivity contribution is 5.79. The van der Waals surface area contributed by atoms with Gasteiger partial charge in [-0.05, 0) is 54.3 Å². The average molecular weight is 395 g/mol. The Morgan fingerprint density at radius 3 is 2.93 bits per heavy atom. The van der Waals surface area contributed by atoms with E-state index in [1.54, 1.807) is 17.0 Å². The lowest BCUT2D eigenvalue weighted by molar-refractivity contribution is -0.0851. The van der Waals surface area contributed by atoms with Crippen LogP contribution in [0.3, 0.4) is 0 Å². The van der Waals surface area contributed by atoms with Gasteiger partial charge in [-0.3, -0.25) is 0 Å². The van der Waals surface area contributed by atoms with Gasteiger partial charge in [-0.25, -0.2) is 4.98 Å². The predicted molar refractivity (Wildman–Crippen MR) is 107 cm³/mol. The average Bonchev–Trinajstić information content (AvgIpc) is 3.29. The standard InChI is InChI=1S/C22H25N3O4/c1-12-5-9-24-21-14(12)7-10-25(21)22-19(28)18(27)20(29-22)17(26)15-4-2-3-13-6-8-23-11-16(13)15/h2-5,7,9-10,17-20,22-23,26-28H,6,8,11H2,1H3/t17-,18+,19-,20-,22-/m1/s1. The minimum atomic E-state index is -1.22. The molecule has 1 fully saturated rings. The first-order valence-electron chi connectivity index (χ1n) is 9.99. The molecule has 0 spiro atoms. The molecule has 0 unspecified atom stereocenters. The van der Waals surface area contributed by atoms with Gasteiger partial charge in [0.1, 0.15) is 30.1 Å². The molecule has 0 aliphatic carbocycles. The zero-order valence-corrected chi connectivity index (χ0v) is 16.2. The highest BCUT2D eigenvalue weighted by atomic mass is 16.6. The maximum atomic E-state index is 11.1. The van der Waals surface area contributed by atoms with E-state index < -0.39 is 30.6 Å². The molecule has 2 aliphatic rings. The molecule has 0 bridgehead atoms. The molecular formula is C22H25N3O4. The molecule has 1 saturated heterocycles. The second-order valence-corrected chi connectivity index (χ2v) is 7.92. The molecule has 0 radical (unpaired) electrons. The molecule has 4 heterocycles. The van der Waals surface area contributed by atoms with Crippen molar-refractivity contribution in [2.45, 2.75) is 50.5 Å². The number of aliphatic hydroxyl groups excluding tert-OH is 3. The van der Waals surface area contributed by atoms with Gasteiger partial charge in [0, 0.05) is 24.3 Å². The first-order valence-corrected chi connectivity index (χ1v) is 9.99. The predicted octanol–water partition coefficient (Wildman–Crippen LogP) is 1.34. The quantitative estimate of drug-likeness (QED) is 0.534. The molecule has 0 saturated carbocycles. The van der Waals surface area contributed by atoms with Crippen LogP contribution >= 0.6 is 0 Å². The fraction of sp³-hybridized carbons (Fsp3) is 0.409. The lowest BCUT2D eigenvalue weighted by Crippen LogP contribution is -2.36. The molecule has 0 amide bonds. The van der Waals surface area contributed by atoms with Crippen LogP contribution < -0.4 is 5.32 Å². The molecule has 29 heavy (non-hydrogen) atoms. The van der Waals surface area contributed by atoms with Crippen molar-refractivity contribution >= 4 is 11.0 Å². The Bertz CT molecular complexity index is 1050. The summed E-state index contributed by atoms with van der Waals surface area (Å²) in [4.78, 5) is 4.41. The maximum Gasteiger partial charge on any atom is 0.164 e. The second kappa shape index (κ2) is 7.19. The molecule has 4 N–H and O–H groups in total. The Morgan fingerprint density at radius 2 is 2.07 bits per heavy atom. The lowest BCUT2D eigenvalue weighted by atomic mass is 9.90. The van der Waals surface area contributed by atoms with Crippen molar-refractivity contribution in [1.29, 1.82) is 0 Å². The molecule has 152 valence electrons. The number of hydrogen-bond donors (Lipinski definition) is 4. The fourth-order valence-corrected chi connectivity index (χ4v) is 4.57. The first-order chi connectivity index (χ1) is 14.1. The monoisotopic (exact) mass is 395 g/mol. The van der Waals surface area contributed by atoms with Crippen molar-refractivity contribution in [3.63, 3.8) is 0 Å². The molecular weight excluding hydrogens is 370 g/mol. The van der Waals surface area contributed by atoms with Crippen molar-refractivity contribution in [2.24, 2.45) is 0 Å². The van der Waals surface area contributed by atoms with Crippen LogP contribution in [0.5, 0.6) is 0 Å². The molecule has 5 atom stereocenters. The molecule has 5 rings (SSSR count). The van der Waals surface area contributed by atoms with E-state index >= 15 is 0 Å². The largest absolute Gasteiger partial charge is 0.387 e. The number of aromatic nitrogens is 2. The zero-order valence-electron chi connectivity index (χ0n) is 16.2. The summed E-state index contributed by atoms with van der Waals surface area (Å²) in [6.07, 6.45) is -0.795. The molecule has 2 aliphatic heterocycles. The van der Waals surface area contributed by atoms with Crippen molar-refractivity contribution in [3.8, 4) is 0 Å². The molecule has 7 nitrogen and oxygen atoms in total. The van der Waals surface area contributed by atoms with Gasteiger partial charge in [0.2, 0.25) is 0 Å². The molecule has 1 aromatic carbocycles. The third kappa shape index (κ3) is 2.97. The van der Waals surface area contributed by atoms with Gasteiger partial charge in [0.15, 0.2) is 6.23 Å². The minimum Gasteiger partial charge on any atom is -0.387 e. The van der Waals surface area contributed by atoms with E-state index in [0.717, 1.165) is 35.0 Å². The third-order valence-corrected chi connectivity index (χ3v) is 6.19. The zero-order chi connectivity index (χ0) is 20.1. The van der Waals surface area contributed by atoms with Crippen LogP contribution in [-0.2, 0) is 17.7 Å². The van der Waals surface area contributed by atoms with E-state index in [1.165, 1.54) is 5.56 Å². The fourth-order valence-electron chi connectivity index (χ4n) is 4.57. The van der Waals surface area contributed by atoms with Crippen LogP contribution in [0.1, 0.15) is 34.6 Å². The van der Waals surface area contributed by atoms with Crippen LogP contribution in [0, 0.1) is 6.92 Å². The SMILES string of the molecule is Cc1ccnc2c1ccn2[C@@H]1O[C@H]([C@H](O)c2cccc3c2CNCC3)[C@@H](O)[C@H]1O. The third-order valence-electron chi connectivity index (χ3n) is 6.19. The Hall–Kier alpha value is -2.29. The topological polar surface area (TPSA) is 99.8 Å². The number of pyridine rings is 1. The first kappa shape index (κ1) is 18.7. The van der Waals surface area contributed by atoms with Gasteiger partial charge >= 0.3 is 0 Å². The number of ether oxygens (including phenoxy) is 1. The van der Waals surface area contributed by atoms with Gasteiger partial charge in [0.05, 0.1) is 0 Å². The van der Waals surface area contributed by atoms with Gasteiger partial charge in [-0.2, -0.15) is 0 Å². The molecule has 3 aromatic rings. The van der Waals surface area contributed by atoms with Crippen LogP contribution in [0.2, 0.25) is 0 Å². The maximum absolute atomic E-state index is 11.1. The Kier molecular flexibility index (Phi) is 4.64. The number of nitrogens with one attached hydrogen (secondary N) is 1. The van der Waals surface area contributed by atoms with Crippen molar-refractivity contribution in [3.05, 3.63) is 65.0 Å². The number of fused-ring (bicyclic) bond motifs is 2. The van der Waals surface area contributed by atoms with E-state index in [4.69, 9.17) is 4.74 Å². The number of aliphatic hydroxyl groups is 3. The summed E-state index contributed by atoms with van der Waals surface area (Å²) in [7, 11) is 0. The number of rotatable bonds is 3. The van der Waals surface area contributed by atoms with Crippen molar-refractivity contribution in [2.75, 3.05) is 6.54 Å². The summed E-state index contributed by atoms with van der Waals surface area (Å²) in [6.45, 7) is 3.57. The summed E-state index contributed by atoms with van der Waals surface area (Å²) >= 11 is 0. The van der Waals surface area contributed by atoms with E-state index in [-0.39, 0.29) is 0 Å². The van der Waals surface area contributed by atoms with Crippen LogP contribution in [-0.4, -0.2) is 49.7 Å². The summed E-state index contributed by atoms with van der Waals surface area (Å²) in [5.74, 6) is 0. The van der Waals surface area contributed by atoms with Gasteiger partial charge in [-0.15, -0.1) is 0 Å².